The Labute approximate surface area is 104 Å². The minimum atomic E-state index is -0.972. The van der Waals surface area contributed by atoms with E-state index in [0.29, 0.717) is 0 Å². The largest absolute Gasteiger partial charge is 0.394 e. The molecule has 98 valence electrons. The quantitative estimate of drug-likeness (QED) is 0.690. The van der Waals surface area contributed by atoms with E-state index in [1.54, 1.807) is 19.9 Å². The van der Waals surface area contributed by atoms with Gasteiger partial charge >= 0.3 is 11.8 Å². The molecule has 1 atom stereocenters. The number of hydrogen-bond donors (Lipinski definition) is 3. The van der Waals surface area contributed by atoms with Crippen LogP contribution in [-0.2, 0) is 9.59 Å². The summed E-state index contributed by atoms with van der Waals surface area (Å²) in [7, 11) is 0. The maximum Gasteiger partial charge on any atom is 0.313 e. The van der Waals surface area contributed by atoms with E-state index in [2.05, 4.69) is 10.6 Å². The highest BCUT2D eigenvalue weighted by molar-refractivity contribution is 6.39. The average Bonchev–Trinajstić information content (AvgIpc) is 2.33. The van der Waals surface area contributed by atoms with Gasteiger partial charge in [-0.05, 0) is 31.5 Å². The normalized spacial score (nSPS) is 11.8. The van der Waals surface area contributed by atoms with Gasteiger partial charge in [0.2, 0.25) is 0 Å². The molecular weight excluding hydrogens is 239 g/mol. The van der Waals surface area contributed by atoms with Crippen LogP contribution >= 0.6 is 0 Å². The van der Waals surface area contributed by atoms with Crippen LogP contribution in [0.1, 0.15) is 12.5 Å². The summed E-state index contributed by atoms with van der Waals surface area (Å²) in [5.41, 5.74) is 0.711. The number of aryl methyl sites for hydroxylation is 1. The van der Waals surface area contributed by atoms with Crippen LogP contribution in [0.4, 0.5) is 10.1 Å². The number of carbonyl (C=O) groups excluding carboxylic acids is 2. The lowest BCUT2D eigenvalue weighted by atomic mass is 10.2. The highest BCUT2D eigenvalue weighted by atomic mass is 19.1. The Morgan fingerprint density at radius 3 is 2.67 bits per heavy atom. The summed E-state index contributed by atoms with van der Waals surface area (Å²) in [5, 5.41) is 13.2. The van der Waals surface area contributed by atoms with E-state index in [0.717, 1.165) is 5.56 Å². The summed E-state index contributed by atoms with van der Waals surface area (Å²) in [5.74, 6) is -2.51. The van der Waals surface area contributed by atoms with E-state index in [1.807, 2.05) is 0 Å². The van der Waals surface area contributed by atoms with E-state index in [-0.39, 0.29) is 12.3 Å². The zero-order valence-corrected chi connectivity index (χ0v) is 10.2. The molecule has 1 aromatic carbocycles. The Hall–Kier alpha value is -1.95. The van der Waals surface area contributed by atoms with E-state index in [4.69, 9.17) is 5.11 Å². The first-order valence-corrected chi connectivity index (χ1v) is 5.43. The van der Waals surface area contributed by atoms with Crippen molar-refractivity contribution in [1.82, 2.24) is 5.32 Å². The lowest BCUT2D eigenvalue weighted by Gasteiger charge is -2.11. The third kappa shape index (κ3) is 3.81. The van der Waals surface area contributed by atoms with E-state index >= 15 is 0 Å². The van der Waals surface area contributed by atoms with E-state index in [1.165, 1.54) is 12.1 Å². The first-order chi connectivity index (χ1) is 8.43. The molecule has 0 saturated heterocycles. The second kappa shape index (κ2) is 6.11. The monoisotopic (exact) mass is 254 g/mol. The topological polar surface area (TPSA) is 78.4 Å². The number of halogens is 1. The van der Waals surface area contributed by atoms with Crippen LogP contribution in [0.15, 0.2) is 18.2 Å². The molecule has 18 heavy (non-hydrogen) atoms. The van der Waals surface area contributed by atoms with E-state index in [9.17, 15) is 14.0 Å². The fourth-order valence-electron chi connectivity index (χ4n) is 1.25. The van der Waals surface area contributed by atoms with Crippen LogP contribution < -0.4 is 10.6 Å². The molecule has 1 unspecified atom stereocenters. The summed E-state index contributed by atoms with van der Waals surface area (Å²) < 4.78 is 13.3. The van der Waals surface area contributed by atoms with Crippen LogP contribution in [0.3, 0.4) is 0 Å². The van der Waals surface area contributed by atoms with Gasteiger partial charge in [-0.3, -0.25) is 9.59 Å². The van der Waals surface area contributed by atoms with E-state index < -0.39 is 23.7 Å². The van der Waals surface area contributed by atoms with Crippen LogP contribution in [0, 0.1) is 12.7 Å². The Kier molecular flexibility index (Phi) is 4.79. The zero-order chi connectivity index (χ0) is 13.7. The van der Waals surface area contributed by atoms with Gasteiger partial charge in [0.15, 0.2) is 0 Å². The highest BCUT2D eigenvalue weighted by Gasteiger charge is 2.17. The predicted molar refractivity (Wildman–Crippen MR) is 64.5 cm³/mol. The van der Waals surface area contributed by atoms with Gasteiger partial charge in [-0.1, -0.05) is 6.07 Å². The third-order valence-electron chi connectivity index (χ3n) is 2.23. The molecule has 0 radical (unpaired) electrons. The number of carbonyl (C=O) groups is 2. The fourth-order valence-corrected chi connectivity index (χ4v) is 1.25. The number of aliphatic hydroxyl groups excluding tert-OH is 1. The predicted octanol–water partition coefficient (Wildman–Crippen LogP) is 0.570. The SMILES string of the molecule is Cc1ccc(F)c(NC(=O)C(=O)NC(C)CO)c1. The van der Waals surface area contributed by atoms with Crippen molar-refractivity contribution in [3.8, 4) is 0 Å². The van der Waals surface area contributed by atoms with Gasteiger partial charge in [0.1, 0.15) is 5.82 Å². The highest BCUT2D eigenvalue weighted by Crippen LogP contribution is 2.15. The number of nitrogens with one attached hydrogen (secondary N) is 2. The Morgan fingerprint density at radius 2 is 2.06 bits per heavy atom. The lowest BCUT2D eigenvalue weighted by Crippen LogP contribution is -2.42. The molecule has 3 N–H and O–H groups in total. The second-order valence-electron chi connectivity index (χ2n) is 3.99. The summed E-state index contributed by atoms with van der Waals surface area (Å²) in [6, 6.07) is 3.65. The van der Waals surface area contributed by atoms with Gasteiger partial charge in [0.25, 0.3) is 0 Å². The molecule has 1 aromatic rings. The Morgan fingerprint density at radius 1 is 1.39 bits per heavy atom. The van der Waals surface area contributed by atoms with Crippen molar-refractivity contribution in [1.29, 1.82) is 0 Å². The number of benzene rings is 1. The van der Waals surface area contributed by atoms with Gasteiger partial charge in [0, 0.05) is 6.04 Å². The third-order valence-corrected chi connectivity index (χ3v) is 2.23. The van der Waals surface area contributed by atoms with Gasteiger partial charge in [-0.15, -0.1) is 0 Å². The number of anilines is 1. The first-order valence-electron chi connectivity index (χ1n) is 5.43. The van der Waals surface area contributed by atoms with Gasteiger partial charge in [-0.2, -0.15) is 0 Å². The Bertz CT molecular complexity index is 463. The number of rotatable bonds is 3. The van der Waals surface area contributed by atoms with Crippen molar-refractivity contribution in [2.75, 3.05) is 11.9 Å². The summed E-state index contributed by atoms with van der Waals surface area (Å²) in [4.78, 5) is 22.8. The number of amides is 2. The van der Waals surface area contributed by atoms with Crippen molar-refractivity contribution in [2.24, 2.45) is 0 Å². The molecule has 1 rings (SSSR count). The molecule has 5 nitrogen and oxygen atoms in total. The molecule has 0 fully saturated rings. The van der Waals surface area contributed by atoms with Gasteiger partial charge in [-0.25, -0.2) is 4.39 Å². The number of hydrogen-bond acceptors (Lipinski definition) is 3. The van der Waals surface area contributed by atoms with Gasteiger partial charge in [0.05, 0.1) is 12.3 Å². The van der Waals surface area contributed by atoms with Crippen molar-refractivity contribution in [3.05, 3.63) is 29.6 Å². The molecule has 6 heteroatoms. The first kappa shape index (κ1) is 14.1. The van der Waals surface area contributed by atoms with Crippen molar-refractivity contribution in [2.45, 2.75) is 19.9 Å². The molecular formula is C12H15FN2O3. The molecule has 2 amide bonds. The summed E-state index contributed by atoms with van der Waals surface area (Å²) in [6.45, 7) is 3.00. The average molecular weight is 254 g/mol. The molecule has 0 saturated carbocycles. The van der Waals surface area contributed by atoms with Crippen LogP contribution in [0.25, 0.3) is 0 Å². The van der Waals surface area contributed by atoms with Crippen molar-refractivity contribution < 1.29 is 19.1 Å². The molecule has 0 aliphatic rings. The molecule has 0 spiro atoms. The summed E-state index contributed by atoms with van der Waals surface area (Å²) in [6.07, 6.45) is 0. The molecule has 0 bridgehead atoms. The molecule has 0 aromatic heterocycles. The summed E-state index contributed by atoms with van der Waals surface area (Å²) >= 11 is 0. The lowest BCUT2D eigenvalue weighted by molar-refractivity contribution is -0.136. The van der Waals surface area contributed by atoms with Gasteiger partial charge < -0.3 is 15.7 Å². The molecule has 0 aliphatic heterocycles. The minimum absolute atomic E-state index is 0.0493. The van der Waals surface area contributed by atoms with Crippen LogP contribution in [0.5, 0.6) is 0 Å². The van der Waals surface area contributed by atoms with Crippen molar-refractivity contribution >= 4 is 17.5 Å². The van der Waals surface area contributed by atoms with Crippen LogP contribution in [-0.4, -0.2) is 29.6 Å². The molecule has 0 heterocycles. The maximum atomic E-state index is 13.3. The van der Waals surface area contributed by atoms with Crippen molar-refractivity contribution in [3.63, 3.8) is 0 Å². The second-order valence-corrected chi connectivity index (χ2v) is 3.99. The maximum absolute atomic E-state index is 13.3. The van der Waals surface area contributed by atoms with Crippen LogP contribution in [0.2, 0.25) is 0 Å². The molecule has 0 aliphatic carbocycles. The number of aliphatic hydroxyl groups is 1. The zero-order valence-electron chi connectivity index (χ0n) is 10.2. The minimum Gasteiger partial charge on any atom is -0.394 e. The fraction of sp³-hybridized carbons (Fsp3) is 0.333. The Balaban J connectivity index is 2.69. The standard InChI is InChI=1S/C12H15FN2O3/c1-7-3-4-9(13)10(5-7)15-12(18)11(17)14-8(2)6-16/h3-5,8,16H,6H2,1-2H3,(H,14,17)(H,15,18). The smallest absolute Gasteiger partial charge is 0.313 e.